The highest BCUT2D eigenvalue weighted by molar-refractivity contribution is 6.32. The van der Waals surface area contributed by atoms with E-state index < -0.39 is 0 Å². The van der Waals surface area contributed by atoms with Crippen LogP contribution in [0, 0.1) is 6.92 Å². The van der Waals surface area contributed by atoms with Crippen molar-refractivity contribution < 1.29 is 13.9 Å². The number of benzene rings is 1. The van der Waals surface area contributed by atoms with E-state index in [0.717, 1.165) is 29.3 Å². The minimum Gasteiger partial charge on any atom is -0.489 e. The van der Waals surface area contributed by atoms with E-state index in [-0.39, 0.29) is 6.04 Å². The van der Waals surface area contributed by atoms with Crippen LogP contribution in [0.1, 0.15) is 36.5 Å². The molecule has 0 fully saturated rings. The summed E-state index contributed by atoms with van der Waals surface area (Å²) in [6.07, 6.45) is 0.869. The highest BCUT2D eigenvalue weighted by atomic mass is 35.5. The summed E-state index contributed by atoms with van der Waals surface area (Å²) in [6, 6.07) is 8.00. The molecule has 0 bridgehead atoms. The molecule has 1 N–H and O–H groups in total. The molecule has 118 valence electrons. The van der Waals surface area contributed by atoms with E-state index in [1.165, 1.54) is 0 Å². The number of nitrogens with one attached hydrogen (secondary N) is 1. The Kier molecular flexibility index (Phi) is 4.60. The third kappa shape index (κ3) is 3.39. The van der Waals surface area contributed by atoms with E-state index in [4.69, 9.17) is 25.5 Å². The molecule has 2 heterocycles. The first-order valence-corrected chi connectivity index (χ1v) is 7.89. The number of hydrogen-bond acceptors (Lipinski definition) is 4. The first-order chi connectivity index (χ1) is 10.6. The fourth-order valence-electron chi connectivity index (χ4n) is 2.44. The Morgan fingerprint density at radius 2 is 2.05 bits per heavy atom. The van der Waals surface area contributed by atoms with Gasteiger partial charge in [0.15, 0.2) is 11.5 Å². The average molecular weight is 322 g/mol. The predicted octanol–water partition coefficient (Wildman–Crippen LogP) is 4.25. The van der Waals surface area contributed by atoms with Gasteiger partial charge >= 0.3 is 0 Å². The molecule has 1 aromatic carbocycles. The minimum atomic E-state index is 0.128. The molecule has 0 amide bonds. The molecule has 1 aliphatic heterocycles. The molecule has 0 radical (unpaired) electrons. The predicted molar refractivity (Wildman–Crippen MR) is 85.8 cm³/mol. The van der Waals surface area contributed by atoms with Crippen LogP contribution in [-0.2, 0) is 6.54 Å². The van der Waals surface area contributed by atoms with Gasteiger partial charge in [-0.1, -0.05) is 11.6 Å². The first-order valence-electron chi connectivity index (χ1n) is 7.51. The molecule has 1 aromatic heterocycles. The Labute approximate surface area is 135 Å². The monoisotopic (exact) mass is 321 g/mol. The smallest absolute Gasteiger partial charge is 0.179 e. The van der Waals surface area contributed by atoms with Crippen molar-refractivity contribution in [2.24, 2.45) is 0 Å². The Hall–Kier alpha value is -1.65. The maximum Gasteiger partial charge on any atom is 0.179 e. The van der Waals surface area contributed by atoms with Crippen LogP contribution in [-0.4, -0.2) is 13.2 Å². The second-order valence-corrected chi connectivity index (χ2v) is 5.91. The highest BCUT2D eigenvalue weighted by Gasteiger charge is 2.16. The summed E-state index contributed by atoms with van der Waals surface area (Å²) >= 11 is 6.30. The molecular weight excluding hydrogens is 302 g/mol. The standard InChI is InChI=1S/C17H20ClNO3/c1-11-4-5-15(22-11)12(2)19-10-13-8-14(18)17-16(9-13)20-6-3-7-21-17/h4-5,8-9,12,19H,3,6-7,10H2,1-2H3. The lowest BCUT2D eigenvalue weighted by Gasteiger charge is -2.14. The summed E-state index contributed by atoms with van der Waals surface area (Å²) in [5.74, 6) is 3.22. The number of furan rings is 1. The number of hydrogen-bond donors (Lipinski definition) is 1. The normalized spacial score (nSPS) is 15.4. The largest absolute Gasteiger partial charge is 0.489 e. The van der Waals surface area contributed by atoms with Crippen LogP contribution in [0.25, 0.3) is 0 Å². The van der Waals surface area contributed by atoms with E-state index in [1.54, 1.807) is 0 Å². The van der Waals surface area contributed by atoms with Gasteiger partial charge in [0.1, 0.15) is 11.5 Å². The van der Waals surface area contributed by atoms with Crippen molar-refractivity contribution in [3.8, 4) is 11.5 Å². The fourth-order valence-corrected chi connectivity index (χ4v) is 2.73. The highest BCUT2D eigenvalue weighted by Crippen LogP contribution is 2.38. The van der Waals surface area contributed by atoms with Crippen LogP contribution < -0.4 is 14.8 Å². The van der Waals surface area contributed by atoms with Crippen LogP contribution in [0.2, 0.25) is 5.02 Å². The van der Waals surface area contributed by atoms with Gasteiger partial charge in [-0.2, -0.15) is 0 Å². The molecular formula is C17H20ClNO3. The zero-order chi connectivity index (χ0) is 15.5. The number of halogens is 1. The van der Waals surface area contributed by atoms with E-state index in [0.29, 0.717) is 30.5 Å². The van der Waals surface area contributed by atoms with Crippen molar-refractivity contribution in [2.45, 2.75) is 32.9 Å². The molecule has 0 saturated heterocycles. The molecule has 2 aromatic rings. The van der Waals surface area contributed by atoms with Crippen LogP contribution in [0.3, 0.4) is 0 Å². The minimum absolute atomic E-state index is 0.128. The molecule has 0 spiro atoms. The maximum absolute atomic E-state index is 6.30. The van der Waals surface area contributed by atoms with E-state index >= 15 is 0 Å². The van der Waals surface area contributed by atoms with Gasteiger partial charge < -0.3 is 19.2 Å². The van der Waals surface area contributed by atoms with Gasteiger partial charge in [-0.25, -0.2) is 0 Å². The molecule has 1 atom stereocenters. The van der Waals surface area contributed by atoms with Crippen molar-refractivity contribution >= 4 is 11.6 Å². The van der Waals surface area contributed by atoms with Gasteiger partial charge in [0.25, 0.3) is 0 Å². The SMILES string of the molecule is Cc1ccc(C(C)NCc2cc(Cl)c3c(c2)OCCCO3)o1. The Bertz CT molecular complexity index is 653. The van der Waals surface area contributed by atoms with E-state index in [1.807, 2.05) is 31.2 Å². The lowest BCUT2D eigenvalue weighted by atomic mass is 10.1. The van der Waals surface area contributed by atoms with Gasteiger partial charge in [-0.05, 0) is 43.7 Å². The third-order valence-electron chi connectivity index (χ3n) is 3.66. The van der Waals surface area contributed by atoms with E-state index in [2.05, 4.69) is 12.2 Å². The van der Waals surface area contributed by atoms with Gasteiger partial charge in [-0.15, -0.1) is 0 Å². The quantitative estimate of drug-likeness (QED) is 0.914. The Morgan fingerprint density at radius 1 is 1.23 bits per heavy atom. The topological polar surface area (TPSA) is 43.6 Å². The number of aryl methyl sites for hydroxylation is 1. The molecule has 1 aliphatic rings. The summed E-state index contributed by atoms with van der Waals surface area (Å²) in [7, 11) is 0. The van der Waals surface area contributed by atoms with Gasteiger partial charge in [0.05, 0.1) is 24.3 Å². The number of fused-ring (bicyclic) bond motifs is 1. The second-order valence-electron chi connectivity index (χ2n) is 5.51. The molecule has 5 heteroatoms. The van der Waals surface area contributed by atoms with Crippen molar-refractivity contribution in [1.82, 2.24) is 5.32 Å². The third-order valence-corrected chi connectivity index (χ3v) is 3.94. The second kappa shape index (κ2) is 6.63. The van der Waals surface area contributed by atoms with Gasteiger partial charge in [0.2, 0.25) is 0 Å². The summed E-state index contributed by atoms with van der Waals surface area (Å²) in [5.41, 5.74) is 1.06. The average Bonchev–Trinajstić information content (AvgIpc) is 2.79. The molecule has 3 rings (SSSR count). The van der Waals surface area contributed by atoms with Crippen molar-refractivity contribution in [2.75, 3.05) is 13.2 Å². The first kappa shape index (κ1) is 15.3. The summed E-state index contributed by atoms with van der Waals surface area (Å²) in [4.78, 5) is 0. The lowest BCUT2D eigenvalue weighted by molar-refractivity contribution is 0.297. The van der Waals surface area contributed by atoms with Crippen LogP contribution in [0.15, 0.2) is 28.7 Å². The molecule has 0 saturated carbocycles. The molecule has 0 aliphatic carbocycles. The number of rotatable bonds is 4. The Balaban J connectivity index is 1.70. The zero-order valence-corrected chi connectivity index (χ0v) is 13.6. The lowest BCUT2D eigenvalue weighted by Crippen LogP contribution is -2.17. The van der Waals surface area contributed by atoms with Crippen molar-refractivity contribution in [3.63, 3.8) is 0 Å². The fraction of sp³-hybridized carbons (Fsp3) is 0.412. The molecule has 22 heavy (non-hydrogen) atoms. The van der Waals surface area contributed by atoms with E-state index in [9.17, 15) is 0 Å². The van der Waals surface area contributed by atoms with Gasteiger partial charge in [0, 0.05) is 13.0 Å². The summed E-state index contributed by atoms with van der Waals surface area (Å²) < 4.78 is 17.0. The summed E-state index contributed by atoms with van der Waals surface area (Å²) in [6.45, 7) is 5.99. The summed E-state index contributed by atoms with van der Waals surface area (Å²) in [5, 5.41) is 4.02. The number of ether oxygens (including phenoxy) is 2. The van der Waals surface area contributed by atoms with Crippen LogP contribution in [0.5, 0.6) is 11.5 Å². The van der Waals surface area contributed by atoms with Crippen LogP contribution in [0.4, 0.5) is 0 Å². The van der Waals surface area contributed by atoms with Crippen molar-refractivity contribution in [3.05, 3.63) is 46.4 Å². The molecule has 1 unspecified atom stereocenters. The van der Waals surface area contributed by atoms with Crippen LogP contribution >= 0.6 is 11.6 Å². The van der Waals surface area contributed by atoms with Crippen molar-refractivity contribution in [1.29, 1.82) is 0 Å². The zero-order valence-electron chi connectivity index (χ0n) is 12.8. The molecule has 4 nitrogen and oxygen atoms in total. The van der Waals surface area contributed by atoms with Gasteiger partial charge in [-0.3, -0.25) is 0 Å². The Morgan fingerprint density at radius 3 is 2.82 bits per heavy atom. The maximum atomic E-state index is 6.30.